The van der Waals surface area contributed by atoms with Gasteiger partial charge in [0, 0.05) is 22.7 Å². The second kappa shape index (κ2) is 11.7. The van der Waals surface area contributed by atoms with Crippen LogP contribution in [-0.2, 0) is 0 Å². The molecule has 6 aromatic carbocycles. The molecule has 1 aromatic heterocycles. The van der Waals surface area contributed by atoms with E-state index in [0.29, 0.717) is 5.69 Å². The Labute approximate surface area is 263 Å². The topological polar surface area (TPSA) is 51.3 Å². The molecule has 0 spiro atoms. The van der Waals surface area contributed by atoms with Crippen LogP contribution in [0.2, 0.25) is 0 Å². The fourth-order valence-corrected chi connectivity index (χ4v) is 6.16. The number of nitrogens with zero attached hydrogens (tertiary/aromatic N) is 2. The van der Waals surface area contributed by atoms with Crippen LogP contribution in [0, 0.1) is 0 Å². The lowest BCUT2D eigenvalue weighted by atomic mass is 9.92. The summed E-state index contributed by atoms with van der Waals surface area (Å²) in [7, 11) is 0. The van der Waals surface area contributed by atoms with Gasteiger partial charge >= 0.3 is 0 Å². The number of hydrogen-bond donors (Lipinski definition) is 1. The molecule has 7 aromatic rings. The van der Waals surface area contributed by atoms with Gasteiger partial charge in [-0.25, -0.2) is 4.98 Å². The molecule has 1 heterocycles. The molecule has 0 fully saturated rings. The van der Waals surface area contributed by atoms with Gasteiger partial charge in [-0.1, -0.05) is 122 Å². The number of nitrogen functional groups attached to an aromatic ring is 1. The van der Waals surface area contributed by atoms with E-state index < -0.39 is 0 Å². The van der Waals surface area contributed by atoms with E-state index in [4.69, 9.17) is 15.7 Å². The lowest BCUT2D eigenvalue weighted by molar-refractivity contribution is 1.39. The van der Waals surface area contributed by atoms with Gasteiger partial charge in [-0.05, 0) is 81.1 Å². The lowest BCUT2D eigenvalue weighted by Crippen LogP contribution is -1.97. The number of aliphatic imine (C=N–C) groups is 1. The number of nitrogens with two attached hydrogens (primary N) is 1. The molecule has 0 aliphatic heterocycles. The fraction of sp³-hybridized carbons (Fsp3) is 0.0476. The summed E-state index contributed by atoms with van der Waals surface area (Å²) >= 11 is 0. The third kappa shape index (κ3) is 5.09. The van der Waals surface area contributed by atoms with Gasteiger partial charge in [0.05, 0.1) is 22.6 Å². The maximum absolute atomic E-state index is 6.46. The molecule has 0 aliphatic rings. The minimum absolute atomic E-state index is 0.695. The van der Waals surface area contributed by atoms with Crippen molar-refractivity contribution in [3.63, 3.8) is 0 Å². The summed E-state index contributed by atoms with van der Waals surface area (Å²) in [6, 6.07) is 40.5. The SMILES string of the molecule is C=CC(=N/C=C(\C)c1ccc2c3ccccc3c3ccccc3c2c1)c1ccc(-c2ccc3ccc(/C=C\C)c(N)c3n2)cc1. The maximum atomic E-state index is 6.46. The van der Waals surface area contributed by atoms with Crippen molar-refractivity contribution in [1.82, 2.24) is 4.98 Å². The Bertz CT molecular complexity index is 2320. The van der Waals surface area contributed by atoms with Gasteiger partial charge in [-0.2, -0.15) is 0 Å². The van der Waals surface area contributed by atoms with E-state index >= 15 is 0 Å². The highest BCUT2D eigenvalue weighted by atomic mass is 14.7. The van der Waals surface area contributed by atoms with Crippen molar-refractivity contribution in [2.45, 2.75) is 13.8 Å². The van der Waals surface area contributed by atoms with Gasteiger partial charge in [0.2, 0.25) is 0 Å². The molecule has 0 radical (unpaired) electrons. The number of fused-ring (bicyclic) bond motifs is 7. The van der Waals surface area contributed by atoms with E-state index in [1.807, 2.05) is 37.4 Å². The second-order valence-electron chi connectivity index (χ2n) is 11.3. The number of aromatic nitrogens is 1. The van der Waals surface area contributed by atoms with Crippen molar-refractivity contribution in [3.05, 3.63) is 157 Å². The molecular formula is C42H33N3. The van der Waals surface area contributed by atoms with Crippen LogP contribution in [0.1, 0.15) is 30.5 Å². The predicted molar refractivity (Wildman–Crippen MR) is 196 cm³/mol. The number of rotatable bonds is 6. The number of benzene rings is 6. The van der Waals surface area contributed by atoms with Crippen LogP contribution < -0.4 is 5.73 Å². The first-order valence-electron chi connectivity index (χ1n) is 15.2. The van der Waals surface area contributed by atoms with E-state index in [1.165, 1.54) is 32.3 Å². The minimum atomic E-state index is 0.695. The minimum Gasteiger partial charge on any atom is -0.396 e. The second-order valence-corrected chi connectivity index (χ2v) is 11.3. The van der Waals surface area contributed by atoms with Crippen LogP contribution in [-0.4, -0.2) is 10.7 Å². The first-order valence-corrected chi connectivity index (χ1v) is 15.2. The smallest absolute Gasteiger partial charge is 0.0944 e. The Balaban J connectivity index is 1.21. The third-order valence-electron chi connectivity index (χ3n) is 8.55. The Kier molecular flexibility index (Phi) is 7.28. The Morgan fingerprint density at radius 1 is 0.711 bits per heavy atom. The van der Waals surface area contributed by atoms with Crippen LogP contribution in [0.25, 0.3) is 66.1 Å². The van der Waals surface area contributed by atoms with E-state index in [0.717, 1.165) is 50.1 Å². The monoisotopic (exact) mass is 579 g/mol. The third-order valence-corrected chi connectivity index (χ3v) is 8.55. The summed E-state index contributed by atoms with van der Waals surface area (Å²) in [6.07, 6.45) is 7.73. The summed E-state index contributed by atoms with van der Waals surface area (Å²) in [6.45, 7) is 8.14. The van der Waals surface area contributed by atoms with Crippen molar-refractivity contribution < 1.29 is 0 Å². The average Bonchev–Trinajstić information content (AvgIpc) is 3.10. The van der Waals surface area contributed by atoms with Gasteiger partial charge in [0.25, 0.3) is 0 Å². The first-order chi connectivity index (χ1) is 22.1. The van der Waals surface area contributed by atoms with Crippen LogP contribution in [0.3, 0.4) is 0 Å². The largest absolute Gasteiger partial charge is 0.396 e. The number of anilines is 1. The van der Waals surface area contributed by atoms with Crippen LogP contribution in [0.4, 0.5) is 5.69 Å². The van der Waals surface area contributed by atoms with E-state index in [2.05, 4.69) is 117 Å². The van der Waals surface area contributed by atoms with Crippen molar-refractivity contribution >= 4 is 66.3 Å². The van der Waals surface area contributed by atoms with Crippen molar-refractivity contribution in [2.75, 3.05) is 5.73 Å². The normalized spacial score (nSPS) is 12.6. The molecule has 2 N–H and O–H groups in total. The van der Waals surface area contributed by atoms with E-state index in [1.54, 1.807) is 6.08 Å². The molecule has 3 nitrogen and oxygen atoms in total. The molecule has 0 aliphatic carbocycles. The lowest BCUT2D eigenvalue weighted by Gasteiger charge is -2.12. The quantitative estimate of drug-likeness (QED) is 0.121. The molecule has 0 bridgehead atoms. The van der Waals surface area contributed by atoms with Gasteiger partial charge in [-0.15, -0.1) is 0 Å². The zero-order valence-corrected chi connectivity index (χ0v) is 25.5. The highest BCUT2D eigenvalue weighted by Crippen LogP contribution is 2.36. The van der Waals surface area contributed by atoms with Crippen LogP contribution in [0.5, 0.6) is 0 Å². The molecule has 0 saturated heterocycles. The van der Waals surface area contributed by atoms with Crippen molar-refractivity contribution in [3.8, 4) is 11.3 Å². The Morgan fingerprint density at radius 3 is 1.96 bits per heavy atom. The molecule has 0 atom stereocenters. The molecule has 216 valence electrons. The molecule has 7 rings (SSSR count). The van der Waals surface area contributed by atoms with E-state index in [9.17, 15) is 0 Å². The first kappa shape index (κ1) is 28.0. The van der Waals surface area contributed by atoms with Gasteiger partial charge < -0.3 is 5.73 Å². The summed E-state index contributed by atoms with van der Waals surface area (Å²) < 4.78 is 0. The Morgan fingerprint density at radius 2 is 1.31 bits per heavy atom. The molecule has 0 unspecified atom stereocenters. The molecule has 0 saturated carbocycles. The zero-order chi connectivity index (χ0) is 30.9. The predicted octanol–water partition coefficient (Wildman–Crippen LogP) is 11.0. The summed E-state index contributed by atoms with van der Waals surface area (Å²) in [5.74, 6) is 0. The fourth-order valence-electron chi connectivity index (χ4n) is 6.16. The number of allylic oxidation sites excluding steroid dienone is 3. The maximum Gasteiger partial charge on any atom is 0.0944 e. The van der Waals surface area contributed by atoms with Crippen LogP contribution >= 0.6 is 0 Å². The highest BCUT2D eigenvalue weighted by molar-refractivity contribution is 6.25. The number of pyridine rings is 1. The molecule has 0 amide bonds. The van der Waals surface area contributed by atoms with Crippen LogP contribution in [0.15, 0.2) is 145 Å². The summed E-state index contributed by atoms with van der Waals surface area (Å²) in [4.78, 5) is 9.78. The molecular weight excluding hydrogens is 546 g/mol. The highest BCUT2D eigenvalue weighted by Gasteiger charge is 2.10. The Hall–Kier alpha value is -5.80. The molecule has 3 heteroatoms. The van der Waals surface area contributed by atoms with Gasteiger partial charge in [0.1, 0.15) is 0 Å². The summed E-state index contributed by atoms with van der Waals surface area (Å²) in [5, 5.41) is 8.63. The van der Waals surface area contributed by atoms with Gasteiger partial charge in [-0.3, -0.25) is 4.99 Å². The zero-order valence-electron chi connectivity index (χ0n) is 25.5. The van der Waals surface area contributed by atoms with Crippen molar-refractivity contribution in [1.29, 1.82) is 0 Å². The van der Waals surface area contributed by atoms with E-state index in [-0.39, 0.29) is 0 Å². The average molecular weight is 580 g/mol. The number of hydrogen-bond acceptors (Lipinski definition) is 3. The summed E-state index contributed by atoms with van der Waals surface area (Å²) in [5.41, 5.74) is 14.9. The van der Waals surface area contributed by atoms with Crippen molar-refractivity contribution in [2.24, 2.45) is 4.99 Å². The van der Waals surface area contributed by atoms with Gasteiger partial charge in [0.15, 0.2) is 0 Å². The molecule has 45 heavy (non-hydrogen) atoms. The standard InChI is InChI=1S/C42H33N3/c1-4-10-30-19-20-31-22-24-40(45-42(31)41(30)43)29-17-15-28(16-18-29)39(5-2)44-26-27(3)32-21-23-37-35-13-7-6-11-33(35)34-12-8-9-14-36(34)38(37)25-32/h4-26H,2,43H2,1,3H3/b10-4-,27-26+,44-39?.